The molecular formula is C21H21FN6O2. The van der Waals surface area contributed by atoms with Crippen molar-refractivity contribution < 1.29 is 9.13 Å². The van der Waals surface area contributed by atoms with Gasteiger partial charge in [0, 0.05) is 18.8 Å². The number of aromatic amines is 1. The Morgan fingerprint density at radius 1 is 1.13 bits per heavy atom. The summed E-state index contributed by atoms with van der Waals surface area (Å²) in [7, 11) is 0. The van der Waals surface area contributed by atoms with Gasteiger partial charge in [-0.1, -0.05) is 6.07 Å². The smallest absolute Gasteiger partial charge is 0.263 e. The minimum Gasteiger partial charge on any atom is -0.439 e. The third-order valence-corrected chi connectivity index (χ3v) is 4.37. The number of hydrogen-bond acceptors (Lipinski definition) is 6. The van der Waals surface area contributed by atoms with Gasteiger partial charge in [0.1, 0.15) is 17.0 Å². The van der Waals surface area contributed by atoms with Crippen molar-refractivity contribution in [3.8, 4) is 11.6 Å². The fraction of sp³-hybridized carbons (Fsp3) is 0.238. The Kier molecular flexibility index (Phi) is 4.94. The molecule has 0 radical (unpaired) electrons. The quantitative estimate of drug-likeness (QED) is 0.521. The number of halogens is 1. The van der Waals surface area contributed by atoms with Crippen LogP contribution in [0.1, 0.15) is 26.3 Å². The van der Waals surface area contributed by atoms with Crippen LogP contribution >= 0.6 is 0 Å². The lowest BCUT2D eigenvalue weighted by atomic mass is 10.1. The lowest BCUT2D eigenvalue weighted by Gasteiger charge is -2.19. The Morgan fingerprint density at radius 2 is 1.90 bits per heavy atom. The van der Waals surface area contributed by atoms with Gasteiger partial charge in [0.2, 0.25) is 11.8 Å². The van der Waals surface area contributed by atoms with Crippen molar-refractivity contribution in [1.29, 1.82) is 0 Å². The number of aromatic nitrogens is 5. The lowest BCUT2D eigenvalue weighted by Crippen LogP contribution is -2.24. The van der Waals surface area contributed by atoms with Gasteiger partial charge in [-0.05, 0) is 50.6 Å². The van der Waals surface area contributed by atoms with Crippen molar-refractivity contribution in [3.05, 3.63) is 70.5 Å². The van der Waals surface area contributed by atoms with E-state index >= 15 is 0 Å². The van der Waals surface area contributed by atoms with Gasteiger partial charge in [-0.25, -0.2) is 14.1 Å². The van der Waals surface area contributed by atoms with E-state index in [1.54, 1.807) is 16.9 Å². The molecule has 0 amide bonds. The van der Waals surface area contributed by atoms with Crippen LogP contribution in [-0.2, 0) is 12.1 Å². The highest BCUT2D eigenvalue weighted by atomic mass is 19.1. The topological polar surface area (TPSA) is 97.7 Å². The predicted molar refractivity (Wildman–Crippen MR) is 111 cm³/mol. The molecule has 0 fully saturated rings. The maximum atomic E-state index is 13.0. The van der Waals surface area contributed by atoms with E-state index in [0.717, 1.165) is 5.56 Å². The zero-order valence-corrected chi connectivity index (χ0v) is 16.8. The highest BCUT2D eigenvalue weighted by Gasteiger charge is 2.19. The minimum atomic E-state index is -0.327. The zero-order valence-electron chi connectivity index (χ0n) is 16.8. The van der Waals surface area contributed by atoms with E-state index in [0.29, 0.717) is 35.2 Å². The molecule has 3 aromatic heterocycles. The molecule has 0 bridgehead atoms. The van der Waals surface area contributed by atoms with E-state index in [4.69, 9.17) is 4.74 Å². The summed E-state index contributed by atoms with van der Waals surface area (Å²) in [5.41, 5.74) is 0.840. The number of hydrogen-bond donors (Lipinski definition) is 2. The molecule has 154 valence electrons. The molecule has 0 aliphatic heterocycles. The average Bonchev–Trinajstić information content (AvgIpc) is 3.14. The van der Waals surface area contributed by atoms with E-state index in [1.807, 2.05) is 26.8 Å². The third kappa shape index (κ3) is 4.14. The standard InChI is InChI=1S/C21H21FN6O2/c1-21(2,3)28-18-16(12-25-28)19(29)27-20(26-18)24-11-13-4-9-17(23-10-13)30-15-7-5-14(22)6-8-15/h4-10,12H,11H2,1-3H3,(H2,24,26,27,29). The third-order valence-electron chi connectivity index (χ3n) is 4.37. The van der Waals surface area contributed by atoms with Crippen LogP contribution in [0.2, 0.25) is 0 Å². The van der Waals surface area contributed by atoms with Gasteiger partial charge >= 0.3 is 0 Å². The number of rotatable bonds is 5. The summed E-state index contributed by atoms with van der Waals surface area (Å²) in [6.45, 7) is 6.39. The van der Waals surface area contributed by atoms with Crippen LogP contribution in [0.25, 0.3) is 11.0 Å². The molecular weight excluding hydrogens is 387 g/mol. The molecule has 30 heavy (non-hydrogen) atoms. The van der Waals surface area contributed by atoms with Crippen molar-refractivity contribution in [2.45, 2.75) is 32.9 Å². The van der Waals surface area contributed by atoms with E-state index in [9.17, 15) is 9.18 Å². The van der Waals surface area contributed by atoms with Crippen LogP contribution in [0, 0.1) is 5.82 Å². The van der Waals surface area contributed by atoms with E-state index < -0.39 is 0 Å². The summed E-state index contributed by atoms with van der Waals surface area (Å²) in [6.07, 6.45) is 3.18. The maximum Gasteiger partial charge on any atom is 0.263 e. The first-order chi connectivity index (χ1) is 14.3. The summed E-state index contributed by atoms with van der Waals surface area (Å²) in [5.74, 6) is 0.921. The molecule has 8 nitrogen and oxygen atoms in total. The largest absolute Gasteiger partial charge is 0.439 e. The summed E-state index contributed by atoms with van der Waals surface area (Å²) in [6, 6.07) is 9.27. The van der Waals surface area contributed by atoms with Gasteiger partial charge in [-0.15, -0.1) is 0 Å². The first-order valence-electron chi connectivity index (χ1n) is 9.40. The van der Waals surface area contributed by atoms with Crippen molar-refractivity contribution >= 4 is 17.0 Å². The number of ether oxygens (including phenoxy) is 1. The zero-order chi connectivity index (χ0) is 21.3. The average molecular weight is 408 g/mol. The molecule has 0 aliphatic carbocycles. The minimum absolute atomic E-state index is 0.251. The Labute approximate surface area is 171 Å². The van der Waals surface area contributed by atoms with Crippen molar-refractivity contribution in [1.82, 2.24) is 24.7 Å². The summed E-state index contributed by atoms with van der Waals surface area (Å²) < 4.78 is 20.3. The molecule has 0 saturated carbocycles. The molecule has 1 aromatic carbocycles. The number of nitrogens with one attached hydrogen (secondary N) is 2. The summed E-state index contributed by atoms with van der Waals surface area (Å²) in [4.78, 5) is 23.8. The SMILES string of the molecule is CC(C)(C)n1ncc2c(=O)[nH]c(NCc3ccc(Oc4ccc(F)cc4)nc3)nc21. The van der Waals surface area contributed by atoms with Gasteiger partial charge in [-0.2, -0.15) is 10.1 Å². The van der Waals surface area contributed by atoms with Crippen LogP contribution in [0.15, 0.2) is 53.6 Å². The maximum absolute atomic E-state index is 13.0. The monoisotopic (exact) mass is 408 g/mol. The molecule has 3 heterocycles. The molecule has 0 spiro atoms. The Balaban J connectivity index is 1.47. The second kappa shape index (κ2) is 7.58. The number of nitrogens with zero attached hydrogens (tertiary/aromatic N) is 4. The molecule has 4 rings (SSSR count). The van der Waals surface area contributed by atoms with Gasteiger partial charge in [-0.3, -0.25) is 9.78 Å². The second-order valence-corrected chi connectivity index (χ2v) is 7.79. The van der Waals surface area contributed by atoms with Gasteiger partial charge in [0.05, 0.1) is 11.7 Å². The first kappa shape index (κ1) is 19.6. The number of pyridine rings is 1. The Morgan fingerprint density at radius 3 is 2.57 bits per heavy atom. The van der Waals surface area contributed by atoms with Crippen LogP contribution in [-0.4, -0.2) is 24.7 Å². The number of anilines is 1. The molecule has 2 N–H and O–H groups in total. The van der Waals surface area contributed by atoms with Crippen molar-refractivity contribution in [2.24, 2.45) is 0 Å². The van der Waals surface area contributed by atoms with Crippen LogP contribution in [0.4, 0.5) is 10.3 Å². The van der Waals surface area contributed by atoms with Crippen LogP contribution in [0.5, 0.6) is 11.6 Å². The van der Waals surface area contributed by atoms with Crippen molar-refractivity contribution in [3.63, 3.8) is 0 Å². The molecule has 0 saturated heterocycles. The molecule has 0 aliphatic rings. The van der Waals surface area contributed by atoms with Crippen LogP contribution in [0.3, 0.4) is 0 Å². The fourth-order valence-corrected chi connectivity index (χ4v) is 2.88. The van der Waals surface area contributed by atoms with Gasteiger partial charge < -0.3 is 10.1 Å². The molecule has 0 unspecified atom stereocenters. The molecule has 4 aromatic rings. The number of fused-ring (bicyclic) bond motifs is 1. The lowest BCUT2D eigenvalue weighted by molar-refractivity contribution is 0.366. The predicted octanol–water partition coefficient (Wildman–Crippen LogP) is 3.81. The molecule has 0 atom stereocenters. The number of benzene rings is 1. The summed E-state index contributed by atoms with van der Waals surface area (Å²) >= 11 is 0. The first-order valence-corrected chi connectivity index (χ1v) is 9.40. The van der Waals surface area contributed by atoms with E-state index in [2.05, 4.69) is 25.4 Å². The van der Waals surface area contributed by atoms with Gasteiger partial charge in [0.25, 0.3) is 5.56 Å². The summed E-state index contributed by atoms with van der Waals surface area (Å²) in [5, 5.41) is 7.85. The van der Waals surface area contributed by atoms with Crippen LogP contribution < -0.4 is 15.6 Å². The Bertz CT molecular complexity index is 1220. The van der Waals surface area contributed by atoms with Gasteiger partial charge in [0.15, 0.2) is 5.65 Å². The Hall–Kier alpha value is -3.75. The highest BCUT2D eigenvalue weighted by Crippen LogP contribution is 2.21. The highest BCUT2D eigenvalue weighted by molar-refractivity contribution is 5.74. The fourth-order valence-electron chi connectivity index (χ4n) is 2.88. The number of H-pyrrole nitrogens is 1. The molecule has 9 heteroatoms. The normalized spacial score (nSPS) is 11.6. The van der Waals surface area contributed by atoms with E-state index in [-0.39, 0.29) is 16.9 Å². The van der Waals surface area contributed by atoms with Crippen molar-refractivity contribution in [2.75, 3.05) is 5.32 Å². The van der Waals surface area contributed by atoms with E-state index in [1.165, 1.54) is 30.5 Å². The second-order valence-electron chi connectivity index (χ2n) is 7.79.